The Hall–Kier alpha value is -2.43. The smallest absolute Gasteiger partial charge is 0.407 e. The number of nitrogens with one attached hydrogen (secondary N) is 3. The second kappa shape index (κ2) is 19.4. The highest BCUT2D eigenvalue weighted by Crippen LogP contribution is 2.39. The lowest BCUT2D eigenvalue weighted by molar-refractivity contribution is -0.128. The van der Waals surface area contributed by atoms with E-state index in [2.05, 4.69) is 29.5 Å². The summed E-state index contributed by atoms with van der Waals surface area (Å²) in [6, 6.07) is 1.02. The van der Waals surface area contributed by atoms with Crippen LogP contribution >= 0.6 is 0 Å². The van der Waals surface area contributed by atoms with Crippen LogP contribution in [-0.4, -0.2) is 73.3 Å². The third-order valence-electron chi connectivity index (χ3n) is 9.29. The third kappa shape index (κ3) is 13.7. The molecule has 10 nitrogen and oxygen atoms in total. The lowest BCUT2D eigenvalue weighted by Gasteiger charge is -2.37. The van der Waals surface area contributed by atoms with Gasteiger partial charge in [0.1, 0.15) is 5.60 Å². The van der Waals surface area contributed by atoms with E-state index in [0.717, 1.165) is 43.2 Å². The van der Waals surface area contributed by atoms with Crippen molar-refractivity contribution >= 4 is 12.0 Å². The molecule has 46 heavy (non-hydrogen) atoms. The second-order valence-corrected chi connectivity index (χ2v) is 14.9. The van der Waals surface area contributed by atoms with Crippen molar-refractivity contribution in [3.05, 3.63) is 33.7 Å². The van der Waals surface area contributed by atoms with Crippen molar-refractivity contribution < 1.29 is 28.9 Å². The molecule has 0 saturated carbocycles. The molecule has 264 valence electrons. The predicted octanol–water partition coefficient (Wildman–Crippen LogP) is 5.71. The van der Waals surface area contributed by atoms with Crippen LogP contribution < -0.4 is 16.2 Å². The summed E-state index contributed by atoms with van der Waals surface area (Å²) < 4.78 is 16.4. The summed E-state index contributed by atoms with van der Waals surface area (Å²) in [5.74, 6) is 0.0560. The first kappa shape index (κ1) is 39.7. The van der Waals surface area contributed by atoms with E-state index in [0.29, 0.717) is 38.7 Å². The van der Waals surface area contributed by atoms with Gasteiger partial charge in [0.15, 0.2) is 0 Å². The number of aromatic amines is 1. The molecule has 1 aromatic rings. The molecular formula is C36H63N3O7. The Morgan fingerprint density at radius 1 is 1.09 bits per heavy atom. The van der Waals surface area contributed by atoms with E-state index in [-0.39, 0.29) is 41.6 Å². The number of aliphatic hydroxyl groups excluding tert-OH is 1. The fraction of sp³-hybridized carbons (Fsp3) is 0.806. The lowest BCUT2D eigenvalue weighted by Crippen LogP contribution is -2.49. The number of rotatable bonds is 18. The van der Waals surface area contributed by atoms with Crippen molar-refractivity contribution in [2.75, 3.05) is 33.5 Å². The van der Waals surface area contributed by atoms with Gasteiger partial charge in [-0.15, -0.1) is 0 Å². The molecule has 2 amide bonds. The van der Waals surface area contributed by atoms with Gasteiger partial charge in [-0.25, -0.2) is 4.79 Å². The molecule has 1 aliphatic heterocycles. The summed E-state index contributed by atoms with van der Waals surface area (Å²) in [6.45, 7) is 18.4. The van der Waals surface area contributed by atoms with E-state index in [9.17, 15) is 19.5 Å². The number of hydrogen-bond donors (Lipinski definition) is 4. The zero-order chi connectivity index (χ0) is 34.4. The van der Waals surface area contributed by atoms with E-state index >= 15 is 0 Å². The zero-order valence-corrected chi connectivity index (χ0v) is 29.9. The van der Waals surface area contributed by atoms with E-state index < -0.39 is 29.8 Å². The first-order valence-corrected chi connectivity index (χ1v) is 17.3. The van der Waals surface area contributed by atoms with E-state index in [1.807, 2.05) is 20.8 Å². The standard InChI is InChI=1S/C36H63N3O7/c1-23(2)28(27(12-10-11-15-44-9)30-20-33(41)37-21-25(30)5)18-31(39-35(43)46-36(6,7)8)32(40)19-29(24(3)4)34(42)38-22-26-13-16-45-17-14-26/h20-21,23-24,26-29,31-32,40H,10-19,22H2,1-9H3,(H,37,41)(H,38,42)(H,39,43). The molecule has 0 bridgehead atoms. The molecule has 5 unspecified atom stereocenters. The number of aliphatic hydroxyl groups is 1. The van der Waals surface area contributed by atoms with Crippen LogP contribution in [0.3, 0.4) is 0 Å². The lowest BCUT2D eigenvalue weighted by atomic mass is 9.72. The van der Waals surface area contributed by atoms with Crippen molar-refractivity contribution in [2.24, 2.45) is 29.6 Å². The van der Waals surface area contributed by atoms with Gasteiger partial charge < -0.3 is 34.9 Å². The van der Waals surface area contributed by atoms with Crippen molar-refractivity contribution in [1.29, 1.82) is 0 Å². The van der Waals surface area contributed by atoms with Crippen molar-refractivity contribution in [3.63, 3.8) is 0 Å². The number of aryl methyl sites for hydroxylation is 1. The largest absolute Gasteiger partial charge is 0.444 e. The van der Waals surface area contributed by atoms with Gasteiger partial charge >= 0.3 is 6.09 Å². The van der Waals surface area contributed by atoms with Gasteiger partial charge in [0.25, 0.3) is 0 Å². The SMILES string of the molecule is COCCCCC(c1cc(=O)[nH]cc1C)C(CC(NC(=O)OC(C)(C)C)C(O)CC(C(=O)NCC1CCOCC1)C(C)C)C(C)C. The Bertz CT molecular complexity index is 1110. The number of carbonyl (C=O) groups excluding carboxylic acids is 2. The highest BCUT2D eigenvalue weighted by atomic mass is 16.6. The summed E-state index contributed by atoms with van der Waals surface area (Å²) in [6.07, 6.45) is 5.28. The minimum atomic E-state index is -0.996. The minimum Gasteiger partial charge on any atom is -0.444 e. The van der Waals surface area contributed by atoms with Crippen LogP contribution in [-0.2, 0) is 19.0 Å². The van der Waals surface area contributed by atoms with Gasteiger partial charge in [-0.3, -0.25) is 9.59 Å². The monoisotopic (exact) mass is 649 g/mol. The van der Waals surface area contributed by atoms with Gasteiger partial charge in [0.2, 0.25) is 11.5 Å². The number of aromatic nitrogens is 1. The van der Waals surface area contributed by atoms with Gasteiger partial charge in [0.05, 0.1) is 12.1 Å². The molecule has 0 aromatic carbocycles. The molecule has 1 fully saturated rings. The zero-order valence-electron chi connectivity index (χ0n) is 29.9. The number of amides is 2. The maximum Gasteiger partial charge on any atom is 0.407 e. The molecule has 0 aliphatic carbocycles. The molecule has 0 radical (unpaired) electrons. The van der Waals surface area contributed by atoms with E-state index in [4.69, 9.17) is 14.2 Å². The van der Waals surface area contributed by atoms with E-state index in [1.165, 1.54) is 0 Å². The molecule has 2 rings (SSSR count). The van der Waals surface area contributed by atoms with Gasteiger partial charge in [-0.2, -0.15) is 0 Å². The first-order valence-electron chi connectivity index (χ1n) is 17.3. The summed E-state index contributed by atoms with van der Waals surface area (Å²) in [5.41, 5.74) is 1.12. The molecular weight excluding hydrogens is 586 g/mol. The van der Waals surface area contributed by atoms with Crippen LogP contribution in [0.4, 0.5) is 4.79 Å². The fourth-order valence-electron chi connectivity index (χ4n) is 6.57. The quantitative estimate of drug-likeness (QED) is 0.150. The second-order valence-electron chi connectivity index (χ2n) is 14.9. The molecule has 1 aliphatic rings. The molecule has 5 atom stereocenters. The Labute approximate surface area is 277 Å². The van der Waals surface area contributed by atoms with Crippen molar-refractivity contribution in [1.82, 2.24) is 15.6 Å². The molecule has 10 heteroatoms. The van der Waals surface area contributed by atoms with Crippen LogP contribution in [0.15, 0.2) is 17.1 Å². The number of alkyl carbamates (subject to hydrolysis) is 1. The Morgan fingerprint density at radius 3 is 2.35 bits per heavy atom. The molecule has 1 saturated heterocycles. The average molecular weight is 650 g/mol. The van der Waals surface area contributed by atoms with Gasteiger partial charge in [0, 0.05) is 51.7 Å². The van der Waals surface area contributed by atoms with E-state index in [1.54, 1.807) is 40.1 Å². The summed E-state index contributed by atoms with van der Waals surface area (Å²) in [4.78, 5) is 41.9. The normalized spacial score (nSPS) is 17.7. The number of ether oxygens (including phenoxy) is 3. The Morgan fingerprint density at radius 2 is 1.76 bits per heavy atom. The number of H-pyrrole nitrogens is 1. The topological polar surface area (TPSA) is 139 Å². The fourth-order valence-corrected chi connectivity index (χ4v) is 6.57. The third-order valence-corrected chi connectivity index (χ3v) is 9.29. The van der Waals surface area contributed by atoms with Crippen molar-refractivity contribution in [2.45, 2.75) is 124 Å². The molecule has 4 N–H and O–H groups in total. The van der Waals surface area contributed by atoms with Crippen molar-refractivity contribution in [3.8, 4) is 0 Å². The first-order chi connectivity index (χ1) is 21.6. The summed E-state index contributed by atoms with van der Waals surface area (Å²) in [5, 5.41) is 18.0. The number of hydrogen-bond acceptors (Lipinski definition) is 7. The molecule has 2 heterocycles. The Balaban J connectivity index is 2.38. The number of pyridine rings is 1. The predicted molar refractivity (Wildman–Crippen MR) is 182 cm³/mol. The summed E-state index contributed by atoms with van der Waals surface area (Å²) >= 11 is 0. The van der Waals surface area contributed by atoms with Gasteiger partial charge in [-0.05, 0) is 107 Å². The van der Waals surface area contributed by atoms with Gasteiger partial charge in [-0.1, -0.05) is 34.1 Å². The number of unbranched alkanes of at least 4 members (excludes halogenated alkanes) is 1. The summed E-state index contributed by atoms with van der Waals surface area (Å²) in [7, 11) is 1.69. The maximum atomic E-state index is 13.5. The van der Waals surface area contributed by atoms with Crippen LogP contribution in [0.25, 0.3) is 0 Å². The number of carbonyl (C=O) groups is 2. The number of methoxy groups -OCH3 is 1. The molecule has 1 aromatic heterocycles. The van der Waals surface area contributed by atoms with Crippen LogP contribution in [0.2, 0.25) is 0 Å². The van der Waals surface area contributed by atoms with Crippen LogP contribution in [0.5, 0.6) is 0 Å². The molecule has 0 spiro atoms. The van der Waals surface area contributed by atoms with Crippen LogP contribution in [0, 0.1) is 36.5 Å². The highest BCUT2D eigenvalue weighted by Gasteiger charge is 2.36. The minimum absolute atomic E-state index is 0.0116. The average Bonchev–Trinajstić information content (AvgIpc) is 2.97. The Kier molecular flexibility index (Phi) is 16.8. The highest BCUT2D eigenvalue weighted by molar-refractivity contribution is 5.79. The maximum absolute atomic E-state index is 13.5. The van der Waals surface area contributed by atoms with Crippen LogP contribution in [0.1, 0.15) is 110 Å².